The average Bonchev–Trinajstić information content (AvgIpc) is 2.70. The van der Waals surface area contributed by atoms with E-state index in [1.807, 2.05) is 24.3 Å². The van der Waals surface area contributed by atoms with Crippen molar-refractivity contribution < 1.29 is 14.3 Å². The Morgan fingerprint density at radius 1 is 1.11 bits per heavy atom. The first-order valence-corrected chi connectivity index (χ1v) is 9.61. The zero-order valence-electron chi connectivity index (χ0n) is 16.8. The standard InChI is InChI=1S/C23H28N2O3/c1-4-28-23(27)13-16-25(17-20-11-14-24-15-12-20)22(26)10-7-19-5-8-21(9-6-19)18(2)3/h5-12,14-15,18H,4,13,16-17H2,1-3H3/b10-7+. The molecule has 0 bridgehead atoms. The quantitative estimate of drug-likeness (QED) is 0.483. The summed E-state index contributed by atoms with van der Waals surface area (Å²) in [5.74, 6) is 0.0238. The van der Waals surface area contributed by atoms with Crippen LogP contribution in [0.3, 0.4) is 0 Å². The van der Waals surface area contributed by atoms with E-state index >= 15 is 0 Å². The Balaban J connectivity index is 2.06. The first-order chi connectivity index (χ1) is 13.5. The fourth-order valence-corrected chi connectivity index (χ4v) is 2.70. The number of aromatic nitrogens is 1. The first-order valence-electron chi connectivity index (χ1n) is 9.61. The van der Waals surface area contributed by atoms with Crippen LogP contribution >= 0.6 is 0 Å². The Kier molecular flexibility index (Phi) is 8.40. The van der Waals surface area contributed by atoms with Gasteiger partial charge in [-0.3, -0.25) is 14.6 Å². The molecule has 1 amide bonds. The molecule has 0 fully saturated rings. The molecular weight excluding hydrogens is 352 g/mol. The van der Waals surface area contributed by atoms with Crippen LogP contribution in [0, 0.1) is 0 Å². The molecule has 1 heterocycles. The minimum absolute atomic E-state index is 0.144. The molecule has 0 N–H and O–H groups in total. The average molecular weight is 380 g/mol. The molecule has 0 atom stereocenters. The van der Waals surface area contributed by atoms with E-state index in [2.05, 4.69) is 31.0 Å². The van der Waals surface area contributed by atoms with Gasteiger partial charge >= 0.3 is 5.97 Å². The molecule has 0 unspecified atom stereocenters. The molecule has 0 saturated carbocycles. The van der Waals surface area contributed by atoms with Crippen molar-refractivity contribution in [3.05, 3.63) is 71.6 Å². The summed E-state index contributed by atoms with van der Waals surface area (Å²) in [7, 11) is 0. The van der Waals surface area contributed by atoms with Crippen LogP contribution in [0.15, 0.2) is 54.9 Å². The van der Waals surface area contributed by atoms with Gasteiger partial charge in [-0.2, -0.15) is 0 Å². The van der Waals surface area contributed by atoms with Crippen LogP contribution in [-0.4, -0.2) is 34.9 Å². The van der Waals surface area contributed by atoms with Gasteiger partial charge in [0.2, 0.25) is 5.91 Å². The van der Waals surface area contributed by atoms with Gasteiger partial charge in [-0.15, -0.1) is 0 Å². The monoisotopic (exact) mass is 380 g/mol. The van der Waals surface area contributed by atoms with Crippen molar-refractivity contribution >= 4 is 18.0 Å². The maximum atomic E-state index is 12.7. The van der Waals surface area contributed by atoms with Gasteiger partial charge in [0.1, 0.15) is 0 Å². The number of rotatable bonds is 9. The van der Waals surface area contributed by atoms with Crippen LogP contribution in [0.2, 0.25) is 0 Å². The summed E-state index contributed by atoms with van der Waals surface area (Å²) in [5.41, 5.74) is 3.19. The molecule has 5 heteroatoms. The van der Waals surface area contributed by atoms with Crippen LogP contribution in [-0.2, 0) is 20.9 Å². The summed E-state index contributed by atoms with van der Waals surface area (Å²) in [4.78, 5) is 30.1. The fourth-order valence-electron chi connectivity index (χ4n) is 2.70. The topological polar surface area (TPSA) is 59.5 Å². The number of carbonyl (C=O) groups is 2. The number of esters is 1. The van der Waals surface area contributed by atoms with Crippen molar-refractivity contribution in [2.24, 2.45) is 0 Å². The zero-order valence-corrected chi connectivity index (χ0v) is 16.8. The lowest BCUT2D eigenvalue weighted by Gasteiger charge is -2.21. The number of hydrogen-bond acceptors (Lipinski definition) is 4. The summed E-state index contributed by atoms with van der Waals surface area (Å²) in [6.07, 6.45) is 6.90. The van der Waals surface area contributed by atoms with E-state index in [1.54, 1.807) is 36.4 Å². The minimum atomic E-state index is -0.303. The van der Waals surface area contributed by atoms with Crippen molar-refractivity contribution in [2.45, 2.75) is 39.7 Å². The number of ether oxygens (including phenoxy) is 1. The lowest BCUT2D eigenvalue weighted by Crippen LogP contribution is -2.31. The van der Waals surface area contributed by atoms with E-state index in [1.165, 1.54) is 5.56 Å². The molecule has 0 spiro atoms. The van der Waals surface area contributed by atoms with Gasteiger partial charge < -0.3 is 9.64 Å². The highest BCUT2D eigenvalue weighted by Gasteiger charge is 2.14. The maximum absolute atomic E-state index is 12.7. The van der Waals surface area contributed by atoms with Gasteiger partial charge in [0.25, 0.3) is 0 Å². The third-order valence-electron chi connectivity index (χ3n) is 4.35. The molecule has 28 heavy (non-hydrogen) atoms. The highest BCUT2D eigenvalue weighted by atomic mass is 16.5. The van der Waals surface area contributed by atoms with Crippen LogP contribution in [0.25, 0.3) is 6.08 Å². The highest BCUT2D eigenvalue weighted by molar-refractivity contribution is 5.92. The third-order valence-corrected chi connectivity index (χ3v) is 4.35. The molecule has 2 aromatic rings. The van der Waals surface area contributed by atoms with Crippen molar-refractivity contribution in [1.29, 1.82) is 0 Å². The Hall–Kier alpha value is -2.95. The Morgan fingerprint density at radius 3 is 2.39 bits per heavy atom. The summed E-state index contributed by atoms with van der Waals surface area (Å²) in [6, 6.07) is 11.9. The maximum Gasteiger partial charge on any atom is 0.307 e. The number of nitrogens with zero attached hydrogens (tertiary/aromatic N) is 2. The Labute approximate surface area is 167 Å². The second kappa shape index (κ2) is 11.0. The molecule has 148 valence electrons. The molecule has 0 aliphatic carbocycles. The van der Waals surface area contributed by atoms with Crippen LogP contribution in [0.1, 0.15) is 49.8 Å². The van der Waals surface area contributed by atoms with Gasteiger partial charge in [0, 0.05) is 31.6 Å². The summed E-state index contributed by atoms with van der Waals surface area (Å²) >= 11 is 0. The largest absolute Gasteiger partial charge is 0.466 e. The van der Waals surface area contributed by atoms with Crippen molar-refractivity contribution in [2.75, 3.05) is 13.2 Å². The molecule has 0 aliphatic rings. The molecule has 0 aliphatic heterocycles. The molecule has 2 rings (SSSR count). The highest BCUT2D eigenvalue weighted by Crippen LogP contribution is 2.15. The normalized spacial score (nSPS) is 11.0. The Bertz CT molecular complexity index is 783. The third kappa shape index (κ3) is 6.99. The number of amides is 1. The van der Waals surface area contributed by atoms with Gasteiger partial charge in [-0.25, -0.2) is 0 Å². The SMILES string of the molecule is CCOC(=O)CCN(Cc1ccncc1)C(=O)/C=C/c1ccc(C(C)C)cc1. The van der Waals surface area contributed by atoms with Crippen LogP contribution in [0.4, 0.5) is 0 Å². The van der Waals surface area contributed by atoms with Gasteiger partial charge in [-0.1, -0.05) is 38.1 Å². The predicted octanol–water partition coefficient (Wildman–Crippen LogP) is 4.20. The molecule has 5 nitrogen and oxygen atoms in total. The predicted molar refractivity (Wildman–Crippen MR) is 110 cm³/mol. The molecule has 1 aromatic heterocycles. The van der Waals surface area contributed by atoms with Crippen molar-refractivity contribution in [3.8, 4) is 0 Å². The lowest BCUT2D eigenvalue weighted by atomic mass is 10.0. The molecule has 1 aromatic carbocycles. The zero-order chi connectivity index (χ0) is 20.4. The Morgan fingerprint density at radius 2 is 1.79 bits per heavy atom. The van der Waals surface area contributed by atoms with E-state index in [-0.39, 0.29) is 18.3 Å². The van der Waals surface area contributed by atoms with E-state index in [0.717, 1.165) is 11.1 Å². The first kappa shape index (κ1) is 21.4. The van der Waals surface area contributed by atoms with Gasteiger partial charge in [0.15, 0.2) is 0 Å². The summed E-state index contributed by atoms with van der Waals surface area (Å²) in [5, 5.41) is 0. The smallest absolute Gasteiger partial charge is 0.307 e. The number of pyridine rings is 1. The van der Waals surface area contributed by atoms with Crippen molar-refractivity contribution in [1.82, 2.24) is 9.88 Å². The van der Waals surface area contributed by atoms with Crippen LogP contribution in [0.5, 0.6) is 0 Å². The van der Waals surface area contributed by atoms with E-state index in [0.29, 0.717) is 25.6 Å². The number of hydrogen-bond donors (Lipinski definition) is 0. The minimum Gasteiger partial charge on any atom is -0.466 e. The van der Waals surface area contributed by atoms with E-state index in [9.17, 15) is 9.59 Å². The second-order valence-corrected chi connectivity index (χ2v) is 6.82. The summed E-state index contributed by atoms with van der Waals surface area (Å²) in [6.45, 7) is 7.12. The number of carbonyl (C=O) groups excluding carboxylic acids is 2. The van der Waals surface area contributed by atoms with Crippen LogP contribution < -0.4 is 0 Å². The van der Waals surface area contributed by atoms with Gasteiger partial charge in [0.05, 0.1) is 13.0 Å². The molecular formula is C23H28N2O3. The van der Waals surface area contributed by atoms with Crippen molar-refractivity contribution in [3.63, 3.8) is 0 Å². The molecule has 0 saturated heterocycles. The number of benzene rings is 1. The van der Waals surface area contributed by atoms with E-state index in [4.69, 9.17) is 4.74 Å². The summed E-state index contributed by atoms with van der Waals surface area (Å²) < 4.78 is 4.98. The lowest BCUT2D eigenvalue weighted by molar-refractivity contribution is -0.143. The second-order valence-electron chi connectivity index (χ2n) is 6.82. The van der Waals surface area contributed by atoms with E-state index < -0.39 is 0 Å². The molecule has 0 radical (unpaired) electrons. The van der Waals surface area contributed by atoms with Gasteiger partial charge in [-0.05, 0) is 47.7 Å². The fraction of sp³-hybridized carbons (Fsp3) is 0.348.